The van der Waals surface area contributed by atoms with Crippen LogP contribution < -0.4 is 4.90 Å². The molecule has 0 fully saturated rings. The van der Waals surface area contributed by atoms with Gasteiger partial charge < -0.3 is 4.90 Å². The number of hydrogen-bond donors (Lipinski definition) is 0. The van der Waals surface area contributed by atoms with Gasteiger partial charge in [0.15, 0.2) is 5.82 Å². The van der Waals surface area contributed by atoms with Crippen LogP contribution in [0.5, 0.6) is 0 Å². The minimum atomic E-state index is 0.878. The maximum Gasteiger partial charge on any atom is 0.151 e. The van der Waals surface area contributed by atoms with Crippen molar-refractivity contribution in [2.45, 2.75) is 6.92 Å². The van der Waals surface area contributed by atoms with Crippen molar-refractivity contribution >= 4 is 11.5 Å². The molecule has 0 saturated carbocycles. The van der Waals surface area contributed by atoms with Crippen LogP contribution in [-0.4, -0.2) is 16.5 Å². The molecule has 3 nitrogen and oxygen atoms in total. The van der Waals surface area contributed by atoms with Gasteiger partial charge >= 0.3 is 0 Å². The molecule has 0 atom stereocenters. The molecule has 0 N–H and O–H groups in total. The van der Waals surface area contributed by atoms with E-state index in [2.05, 4.69) is 33.9 Å². The molecule has 3 heteroatoms. The Morgan fingerprint density at radius 3 is 2.53 bits per heavy atom. The maximum absolute atomic E-state index is 4.29. The third-order valence-electron chi connectivity index (χ3n) is 2.21. The molecule has 0 spiro atoms. The molecular formula is C12H13N3. The smallest absolute Gasteiger partial charge is 0.151 e. The van der Waals surface area contributed by atoms with Crippen molar-refractivity contribution in [3.63, 3.8) is 0 Å². The molecule has 0 bridgehead atoms. The summed E-state index contributed by atoms with van der Waals surface area (Å²) >= 11 is 0. The van der Waals surface area contributed by atoms with Gasteiger partial charge in [-0.15, -0.1) is 0 Å². The summed E-state index contributed by atoms with van der Waals surface area (Å²) < 4.78 is 0. The first-order valence-corrected chi connectivity index (χ1v) is 5.00. The van der Waals surface area contributed by atoms with E-state index in [9.17, 15) is 0 Å². The maximum atomic E-state index is 4.29. The second kappa shape index (κ2) is 4.55. The van der Waals surface area contributed by atoms with Crippen LogP contribution in [0.25, 0.3) is 0 Å². The largest absolute Gasteiger partial charge is 0.325 e. The molecule has 0 saturated heterocycles. The van der Waals surface area contributed by atoms with Crippen molar-refractivity contribution in [2.75, 3.05) is 11.4 Å². The van der Waals surface area contributed by atoms with Crippen LogP contribution in [-0.2, 0) is 0 Å². The normalized spacial score (nSPS) is 9.93. The zero-order chi connectivity index (χ0) is 10.5. The van der Waals surface area contributed by atoms with Gasteiger partial charge in [0.25, 0.3) is 0 Å². The Labute approximate surface area is 89.4 Å². The zero-order valence-electron chi connectivity index (χ0n) is 8.67. The summed E-state index contributed by atoms with van der Waals surface area (Å²) in [6.45, 7) is 2.98. The van der Waals surface area contributed by atoms with Gasteiger partial charge in [0.05, 0.1) is 6.20 Å². The molecule has 2 rings (SSSR count). The Kier molecular flexibility index (Phi) is 2.93. The molecule has 1 aromatic carbocycles. The average molecular weight is 199 g/mol. The monoisotopic (exact) mass is 199 g/mol. The highest BCUT2D eigenvalue weighted by Gasteiger charge is 2.06. The van der Waals surface area contributed by atoms with E-state index in [1.165, 1.54) is 0 Å². The fourth-order valence-electron chi connectivity index (χ4n) is 1.52. The molecule has 2 aromatic rings. The van der Waals surface area contributed by atoms with Crippen molar-refractivity contribution in [1.29, 1.82) is 0 Å². The first kappa shape index (κ1) is 9.65. The Bertz CT molecular complexity index is 360. The predicted molar refractivity (Wildman–Crippen MR) is 61.2 cm³/mol. The third kappa shape index (κ3) is 2.13. The third-order valence-corrected chi connectivity index (χ3v) is 2.21. The van der Waals surface area contributed by atoms with Crippen LogP contribution in [0.4, 0.5) is 11.5 Å². The molecule has 1 heterocycles. The molecule has 0 aliphatic rings. The number of rotatable bonds is 3. The van der Waals surface area contributed by atoms with E-state index in [1.54, 1.807) is 18.6 Å². The van der Waals surface area contributed by atoms with E-state index in [0.29, 0.717) is 0 Å². The lowest BCUT2D eigenvalue weighted by Gasteiger charge is -2.21. The fourth-order valence-corrected chi connectivity index (χ4v) is 1.52. The average Bonchev–Trinajstić information content (AvgIpc) is 2.33. The van der Waals surface area contributed by atoms with Crippen LogP contribution >= 0.6 is 0 Å². The zero-order valence-corrected chi connectivity index (χ0v) is 8.67. The van der Waals surface area contributed by atoms with Crippen molar-refractivity contribution < 1.29 is 0 Å². The summed E-state index contributed by atoms with van der Waals surface area (Å²) in [5, 5.41) is 0. The Balaban J connectivity index is 2.34. The molecule has 76 valence electrons. The summed E-state index contributed by atoms with van der Waals surface area (Å²) in [5.41, 5.74) is 1.14. The molecule has 1 aromatic heterocycles. The van der Waals surface area contributed by atoms with E-state index in [0.717, 1.165) is 18.1 Å². The van der Waals surface area contributed by atoms with Crippen LogP contribution in [0.2, 0.25) is 0 Å². The minimum absolute atomic E-state index is 0.878. The Morgan fingerprint density at radius 2 is 1.93 bits per heavy atom. The van der Waals surface area contributed by atoms with E-state index in [1.807, 2.05) is 18.2 Å². The first-order valence-electron chi connectivity index (χ1n) is 5.00. The number of para-hydroxylation sites is 1. The van der Waals surface area contributed by atoms with E-state index < -0.39 is 0 Å². The number of hydrogen-bond acceptors (Lipinski definition) is 3. The van der Waals surface area contributed by atoms with Crippen molar-refractivity contribution in [1.82, 2.24) is 9.97 Å². The molecular weight excluding hydrogens is 186 g/mol. The molecule has 0 radical (unpaired) electrons. The van der Waals surface area contributed by atoms with E-state index in [4.69, 9.17) is 0 Å². The quantitative estimate of drug-likeness (QED) is 0.761. The van der Waals surface area contributed by atoms with E-state index >= 15 is 0 Å². The molecule has 0 aliphatic heterocycles. The number of nitrogens with zero attached hydrogens (tertiary/aromatic N) is 3. The van der Waals surface area contributed by atoms with Crippen LogP contribution in [0.3, 0.4) is 0 Å². The van der Waals surface area contributed by atoms with Gasteiger partial charge in [-0.3, -0.25) is 4.98 Å². The molecule has 0 unspecified atom stereocenters. The van der Waals surface area contributed by atoms with Crippen LogP contribution in [0.15, 0.2) is 48.9 Å². The van der Waals surface area contributed by atoms with Crippen molar-refractivity contribution in [3.05, 3.63) is 48.9 Å². The Morgan fingerprint density at radius 1 is 1.13 bits per heavy atom. The predicted octanol–water partition coefficient (Wildman–Crippen LogP) is 2.63. The Hall–Kier alpha value is -1.90. The number of benzene rings is 1. The lowest BCUT2D eigenvalue weighted by molar-refractivity contribution is 0.976. The topological polar surface area (TPSA) is 29.0 Å². The van der Waals surface area contributed by atoms with Gasteiger partial charge in [0.1, 0.15) is 0 Å². The summed E-state index contributed by atoms with van der Waals surface area (Å²) in [6.07, 6.45) is 5.17. The standard InChI is InChI=1S/C12H13N3/c1-2-15(11-6-4-3-5-7-11)12-10-13-8-9-14-12/h3-10H,2H2,1H3. The highest BCUT2D eigenvalue weighted by Crippen LogP contribution is 2.21. The van der Waals surface area contributed by atoms with Crippen molar-refractivity contribution in [2.24, 2.45) is 0 Å². The molecule has 0 amide bonds. The van der Waals surface area contributed by atoms with Gasteiger partial charge in [-0.25, -0.2) is 4.98 Å². The highest BCUT2D eigenvalue weighted by molar-refractivity contribution is 5.58. The number of anilines is 2. The van der Waals surface area contributed by atoms with Gasteiger partial charge in [0, 0.05) is 24.6 Å². The first-order chi connectivity index (χ1) is 7.42. The molecule has 15 heavy (non-hydrogen) atoms. The number of aromatic nitrogens is 2. The summed E-state index contributed by atoms with van der Waals surface area (Å²) in [6, 6.07) is 10.2. The highest BCUT2D eigenvalue weighted by atomic mass is 15.2. The summed E-state index contributed by atoms with van der Waals surface area (Å²) in [5.74, 6) is 0.881. The summed E-state index contributed by atoms with van der Waals surface area (Å²) in [7, 11) is 0. The van der Waals surface area contributed by atoms with Gasteiger partial charge in [0.2, 0.25) is 0 Å². The summed E-state index contributed by atoms with van der Waals surface area (Å²) in [4.78, 5) is 10.5. The minimum Gasteiger partial charge on any atom is -0.325 e. The second-order valence-electron chi connectivity index (χ2n) is 3.14. The van der Waals surface area contributed by atoms with E-state index in [-0.39, 0.29) is 0 Å². The van der Waals surface area contributed by atoms with Gasteiger partial charge in [-0.05, 0) is 19.1 Å². The van der Waals surface area contributed by atoms with Gasteiger partial charge in [-0.1, -0.05) is 18.2 Å². The van der Waals surface area contributed by atoms with Gasteiger partial charge in [-0.2, -0.15) is 0 Å². The van der Waals surface area contributed by atoms with Crippen LogP contribution in [0, 0.1) is 0 Å². The lowest BCUT2D eigenvalue weighted by Crippen LogP contribution is -2.17. The SMILES string of the molecule is CCN(c1ccccc1)c1cnccn1. The van der Waals surface area contributed by atoms with Crippen LogP contribution in [0.1, 0.15) is 6.92 Å². The lowest BCUT2D eigenvalue weighted by atomic mass is 10.3. The van der Waals surface area contributed by atoms with Crippen molar-refractivity contribution in [3.8, 4) is 0 Å². The second-order valence-corrected chi connectivity index (χ2v) is 3.14. The molecule has 0 aliphatic carbocycles. The fraction of sp³-hybridized carbons (Fsp3) is 0.167.